The zero-order chi connectivity index (χ0) is 27.4. The molecule has 204 valence electrons. The molecule has 8 nitrogen and oxygen atoms in total. The van der Waals surface area contributed by atoms with Gasteiger partial charge in [0, 0.05) is 31.4 Å². The van der Waals surface area contributed by atoms with E-state index in [0.717, 1.165) is 31.5 Å². The number of morpholine rings is 1. The first-order valence-electron chi connectivity index (χ1n) is 13.5. The number of carbonyl (C=O) groups excluding carboxylic acids is 2. The molecule has 5 rings (SSSR count). The van der Waals surface area contributed by atoms with E-state index in [9.17, 15) is 9.59 Å². The van der Waals surface area contributed by atoms with Gasteiger partial charge >= 0.3 is 0 Å². The summed E-state index contributed by atoms with van der Waals surface area (Å²) in [6.07, 6.45) is 4.37. The number of amides is 2. The van der Waals surface area contributed by atoms with Crippen LogP contribution in [0, 0.1) is 6.92 Å². The maximum Gasteiger partial charge on any atom is 0.257 e. The molecule has 0 spiro atoms. The van der Waals surface area contributed by atoms with Gasteiger partial charge in [-0.05, 0) is 61.4 Å². The highest BCUT2D eigenvalue weighted by Gasteiger charge is 2.32. The van der Waals surface area contributed by atoms with Crippen LogP contribution in [-0.4, -0.2) is 66.1 Å². The largest absolute Gasteiger partial charge is 0.365 e. The second-order valence-corrected chi connectivity index (χ2v) is 10.5. The van der Waals surface area contributed by atoms with Crippen molar-refractivity contribution < 1.29 is 14.3 Å². The van der Waals surface area contributed by atoms with Crippen molar-refractivity contribution in [2.75, 3.05) is 38.2 Å². The number of rotatable bonds is 7. The minimum absolute atomic E-state index is 0.153. The summed E-state index contributed by atoms with van der Waals surface area (Å²) in [6, 6.07) is 16.4. The highest BCUT2D eigenvalue weighted by Crippen LogP contribution is 2.35. The molecule has 3 aromatic rings. The van der Waals surface area contributed by atoms with Crippen molar-refractivity contribution in [3.63, 3.8) is 0 Å². The molecule has 0 aliphatic carbocycles. The number of aryl methyl sites for hydroxylation is 3. The quantitative estimate of drug-likeness (QED) is 0.478. The summed E-state index contributed by atoms with van der Waals surface area (Å²) in [5.41, 5.74) is 4.81. The first-order chi connectivity index (χ1) is 18.9. The number of halogens is 1. The Morgan fingerprint density at radius 1 is 1.10 bits per heavy atom. The second-order valence-electron chi connectivity index (χ2n) is 10.1. The van der Waals surface area contributed by atoms with Gasteiger partial charge in [-0.2, -0.15) is 0 Å². The molecule has 3 heterocycles. The van der Waals surface area contributed by atoms with Crippen LogP contribution in [0.2, 0.25) is 5.02 Å². The second kappa shape index (κ2) is 12.1. The zero-order valence-electron chi connectivity index (χ0n) is 22.4. The Morgan fingerprint density at radius 3 is 2.67 bits per heavy atom. The van der Waals surface area contributed by atoms with Crippen molar-refractivity contribution >= 4 is 29.4 Å². The molecule has 2 saturated heterocycles. The molecule has 2 aliphatic heterocycles. The summed E-state index contributed by atoms with van der Waals surface area (Å²) in [4.78, 5) is 39.5. The summed E-state index contributed by atoms with van der Waals surface area (Å²) >= 11 is 6.13. The van der Waals surface area contributed by atoms with Gasteiger partial charge in [0.15, 0.2) is 6.10 Å². The predicted molar refractivity (Wildman–Crippen MR) is 151 cm³/mol. The van der Waals surface area contributed by atoms with E-state index in [1.54, 1.807) is 18.1 Å². The lowest BCUT2D eigenvalue weighted by molar-refractivity contribution is -0.136. The van der Waals surface area contributed by atoms with Gasteiger partial charge in [0.25, 0.3) is 11.8 Å². The smallest absolute Gasteiger partial charge is 0.257 e. The molecule has 9 heteroatoms. The summed E-state index contributed by atoms with van der Waals surface area (Å²) in [7, 11) is 1.57. The minimum atomic E-state index is -0.687. The van der Waals surface area contributed by atoms with Crippen LogP contribution in [-0.2, 0) is 22.4 Å². The average molecular weight is 548 g/mol. The third kappa shape index (κ3) is 6.07. The van der Waals surface area contributed by atoms with Crippen molar-refractivity contribution in [3.05, 3.63) is 87.7 Å². The SMILES string of the molecule is CNC(=O)[C@H]1CN(C(=O)c2cnc(N3CCC[C@H]3c3ccc(Cl)cc3)nc2CCc2ccccc2C)CCO1. The van der Waals surface area contributed by atoms with Crippen LogP contribution in [0.5, 0.6) is 0 Å². The Morgan fingerprint density at radius 2 is 1.90 bits per heavy atom. The van der Waals surface area contributed by atoms with Crippen molar-refractivity contribution in [1.82, 2.24) is 20.2 Å². The van der Waals surface area contributed by atoms with Crippen LogP contribution >= 0.6 is 11.6 Å². The van der Waals surface area contributed by atoms with Gasteiger partial charge in [0.1, 0.15) is 0 Å². The number of hydrogen-bond acceptors (Lipinski definition) is 6. The number of nitrogens with zero attached hydrogens (tertiary/aromatic N) is 4. The molecule has 0 saturated carbocycles. The topological polar surface area (TPSA) is 87.7 Å². The Bertz CT molecular complexity index is 1330. The van der Waals surface area contributed by atoms with Gasteiger partial charge in [-0.25, -0.2) is 9.97 Å². The van der Waals surface area contributed by atoms with Crippen molar-refractivity contribution in [2.24, 2.45) is 0 Å². The number of aromatic nitrogens is 2. The molecule has 2 atom stereocenters. The van der Waals surface area contributed by atoms with E-state index in [0.29, 0.717) is 36.1 Å². The fraction of sp³-hybridized carbons (Fsp3) is 0.400. The molecular formula is C30H34ClN5O3. The van der Waals surface area contributed by atoms with Crippen LogP contribution in [0.3, 0.4) is 0 Å². The standard InChI is InChI=1S/C30H34ClN5O3/c1-20-6-3-4-7-21(20)11-14-25-24(29(38)35-16-17-39-27(19-35)28(37)32-2)18-33-30(34-25)36-15-5-8-26(36)22-9-12-23(31)13-10-22/h3-4,6-7,9-10,12-13,18,26-27H,5,8,11,14-17,19H2,1-2H3,(H,32,37)/t26-,27+/m0/s1. The van der Waals surface area contributed by atoms with Crippen molar-refractivity contribution in [3.8, 4) is 0 Å². The first-order valence-corrected chi connectivity index (χ1v) is 13.9. The molecule has 1 aromatic heterocycles. The Labute approximate surface area is 234 Å². The van der Waals surface area contributed by atoms with Crippen LogP contribution in [0.25, 0.3) is 0 Å². The van der Waals surface area contributed by atoms with Gasteiger partial charge in [0.2, 0.25) is 5.95 Å². The van der Waals surface area contributed by atoms with Crippen LogP contribution in [0.15, 0.2) is 54.7 Å². The molecule has 0 radical (unpaired) electrons. The van der Waals surface area contributed by atoms with Crippen molar-refractivity contribution in [1.29, 1.82) is 0 Å². The minimum Gasteiger partial charge on any atom is -0.365 e. The summed E-state index contributed by atoms with van der Waals surface area (Å²) < 4.78 is 5.59. The van der Waals surface area contributed by atoms with Gasteiger partial charge in [-0.3, -0.25) is 9.59 Å². The maximum atomic E-state index is 13.7. The Balaban J connectivity index is 1.45. The van der Waals surface area contributed by atoms with E-state index in [4.69, 9.17) is 26.3 Å². The van der Waals surface area contributed by atoms with Gasteiger partial charge in [0.05, 0.1) is 30.5 Å². The highest BCUT2D eigenvalue weighted by molar-refractivity contribution is 6.30. The Kier molecular flexibility index (Phi) is 8.43. The van der Waals surface area contributed by atoms with Gasteiger partial charge in [-0.1, -0.05) is 48.0 Å². The van der Waals surface area contributed by atoms with E-state index in [1.165, 1.54) is 16.7 Å². The third-order valence-corrected chi connectivity index (χ3v) is 7.89. The lowest BCUT2D eigenvalue weighted by atomic mass is 10.0. The van der Waals surface area contributed by atoms with Crippen LogP contribution in [0.4, 0.5) is 5.95 Å². The van der Waals surface area contributed by atoms with Crippen LogP contribution < -0.4 is 10.2 Å². The highest BCUT2D eigenvalue weighted by atomic mass is 35.5. The molecule has 1 N–H and O–H groups in total. The number of anilines is 1. The third-order valence-electron chi connectivity index (χ3n) is 7.63. The first kappa shape index (κ1) is 27.1. The van der Waals surface area contributed by atoms with Crippen molar-refractivity contribution in [2.45, 2.75) is 44.8 Å². The molecule has 0 unspecified atom stereocenters. The molecule has 39 heavy (non-hydrogen) atoms. The zero-order valence-corrected chi connectivity index (χ0v) is 23.2. The number of likely N-dealkylation sites (N-methyl/N-ethyl adjacent to an activating group) is 1. The van der Waals surface area contributed by atoms with Gasteiger partial charge in [-0.15, -0.1) is 0 Å². The number of carbonyl (C=O) groups is 2. The van der Waals surface area contributed by atoms with E-state index >= 15 is 0 Å². The van der Waals surface area contributed by atoms with Gasteiger partial charge < -0.3 is 19.9 Å². The number of nitrogens with one attached hydrogen (secondary N) is 1. The molecule has 2 fully saturated rings. The molecule has 2 amide bonds. The lowest BCUT2D eigenvalue weighted by Gasteiger charge is -2.32. The number of hydrogen-bond donors (Lipinski definition) is 1. The maximum absolute atomic E-state index is 13.7. The normalized spacial score (nSPS) is 19.3. The lowest BCUT2D eigenvalue weighted by Crippen LogP contribution is -2.51. The summed E-state index contributed by atoms with van der Waals surface area (Å²) in [6.45, 7) is 3.85. The Hall–Kier alpha value is -3.49. The number of ether oxygens (including phenoxy) is 1. The fourth-order valence-electron chi connectivity index (χ4n) is 5.42. The van der Waals surface area contributed by atoms with E-state index in [-0.39, 0.29) is 24.4 Å². The molecule has 2 aliphatic rings. The predicted octanol–water partition coefficient (Wildman–Crippen LogP) is 4.15. The molecular weight excluding hydrogens is 514 g/mol. The summed E-state index contributed by atoms with van der Waals surface area (Å²) in [5, 5.41) is 3.32. The van der Waals surface area contributed by atoms with Crippen LogP contribution in [0.1, 0.15) is 51.6 Å². The molecule has 2 aromatic carbocycles. The van der Waals surface area contributed by atoms with E-state index < -0.39 is 6.10 Å². The van der Waals surface area contributed by atoms with E-state index in [1.807, 2.05) is 24.3 Å². The van der Waals surface area contributed by atoms with E-state index in [2.05, 4.69) is 41.4 Å². The monoisotopic (exact) mass is 547 g/mol. The number of benzene rings is 2. The average Bonchev–Trinajstić information content (AvgIpc) is 3.46. The molecule has 0 bridgehead atoms. The fourth-order valence-corrected chi connectivity index (χ4v) is 5.55. The summed E-state index contributed by atoms with van der Waals surface area (Å²) in [5.74, 6) is 0.226.